The van der Waals surface area contributed by atoms with Crippen LogP contribution in [0.4, 0.5) is 0 Å². The molecule has 5 heteroatoms. The summed E-state index contributed by atoms with van der Waals surface area (Å²) in [6.07, 6.45) is 3.24. The summed E-state index contributed by atoms with van der Waals surface area (Å²) in [7, 11) is 0. The lowest BCUT2D eigenvalue weighted by Gasteiger charge is -2.34. The summed E-state index contributed by atoms with van der Waals surface area (Å²) in [6, 6.07) is 0.331. The largest absolute Gasteiger partial charge is 0.333 e. The number of hydrogen-bond donors (Lipinski definition) is 1. The van der Waals surface area contributed by atoms with Gasteiger partial charge in [-0.2, -0.15) is 0 Å². The molecule has 0 radical (unpaired) electrons. The zero-order chi connectivity index (χ0) is 12.1. The fourth-order valence-electron chi connectivity index (χ4n) is 2.26. The SMILES string of the molecule is CCCN(C(=O)c1cscn1)C1CCCNC1. The maximum Gasteiger partial charge on any atom is 0.273 e. The molecule has 2 heterocycles. The number of amides is 1. The van der Waals surface area contributed by atoms with Gasteiger partial charge < -0.3 is 10.2 Å². The van der Waals surface area contributed by atoms with E-state index in [1.807, 2.05) is 10.3 Å². The van der Waals surface area contributed by atoms with E-state index in [-0.39, 0.29) is 5.91 Å². The highest BCUT2D eigenvalue weighted by molar-refractivity contribution is 7.07. The summed E-state index contributed by atoms with van der Waals surface area (Å²) < 4.78 is 0. The van der Waals surface area contributed by atoms with Crippen molar-refractivity contribution in [1.82, 2.24) is 15.2 Å². The number of hydrogen-bond acceptors (Lipinski definition) is 4. The molecule has 1 unspecified atom stereocenters. The number of thiazole rings is 1. The quantitative estimate of drug-likeness (QED) is 0.889. The Bertz CT molecular complexity index is 347. The maximum absolute atomic E-state index is 12.3. The molecule has 0 saturated carbocycles. The number of nitrogens with one attached hydrogen (secondary N) is 1. The van der Waals surface area contributed by atoms with Gasteiger partial charge in [-0.3, -0.25) is 4.79 Å². The Hall–Kier alpha value is -0.940. The van der Waals surface area contributed by atoms with E-state index in [0.717, 1.165) is 38.9 Å². The molecule has 1 aromatic rings. The lowest BCUT2D eigenvalue weighted by atomic mass is 10.1. The van der Waals surface area contributed by atoms with Gasteiger partial charge in [-0.1, -0.05) is 6.92 Å². The molecule has 0 aliphatic carbocycles. The molecule has 17 heavy (non-hydrogen) atoms. The number of rotatable bonds is 4. The third-order valence-corrected chi connectivity index (χ3v) is 3.67. The molecular formula is C12H19N3OS. The summed E-state index contributed by atoms with van der Waals surface area (Å²) in [6.45, 7) is 4.91. The van der Waals surface area contributed by atoms with Crippen LogP contribution in [0.25, 0.3) is 0 Å². The second kappa shape index (κ2) is 6.12. The van der Waals surface area contributed by atoms with Gasteiger partial charge >= 0.3 is 0 Å². The summed E-state index contributed by atoms with van der Waals surface area (Å²) in [5.41, 5.74) is 2.31. The first kappa shape index (κ1) is 12.5. The summed E-state index contributed by atoms with van der Waals surface area (Å²) in [4.78, 5) is 18.4. The number of nitrogens with zero attached hydrogens (tertiary/aromatic N) is 2. The van der Waals surface area contributed by atoms with Gasteiger partial charge in [-0.15, -0.1) is 11.3 Å². The van der Waals surface area contributed by atoms with Gasteiger partial charge in [0.1, 0.15) is 5.69 Å². The molecule has 1 aliphatic heterocycles. The van der Waals surface area contributed by atoms with E-state index in [4.69, 9.17) is 0 Å². The van der Waals surface area contributed by atoms with E-state index in [1.165, 1.54) is 11.3 Å². The van der Waals surface area contributed by atoms with Crippen molar-refractivity contribution in [2.24, 2.45) is 0 Å². The summed E-state index contributed by atoms with van der Waals surface area (Å²) in [5.74, 6) is 0.0850. The molecule has 0 bridgehead atoms. The Labute approximate surface area is 106 Å². The topological polar surface area (TPSA) is 45.2 Å². The van der Waals surface area contributed by atoms with Gasteiger partial charge in [-0.05, 0) is 25.8 Å². The first-order valence-electron chi connectivity index (χ1n) is 6.22. The van der Waals surface area contributed by atoms with E-state index in [0.29, 0.717) is 11.7 Å². The number of carbonyl (C=O) groups is 1. The van der Waals surface area contributed by atoms with Crippen LogP contribution in [-0.2, 0) is 0 Å². The van der Waals surface area contributed by atoms with Crippen LogP contribution in [0, 0.1) is 0 Å². The molecule has 1 aromatic heterocycles. The third kappa shape index (κ3) is 3.04. The van der Waals surface area contributed by atoms with Crippen molar-refractivity contribution in [3.63, 3.8) is 0 Å². The zero-order valence-corrected chi connectivity index (χ0v) is 11.0. The van der Waals surface area contributed by atoms with Gasteiger partial charge in [0.2, 0.25) is 0 Å². The van der Waals surface area contributed by atoms with E-state index < -0.39 is 0 Å². The van der Waals surface area contributed by atoms with Crippen LogP contribution in [0.2, 0.25) is 0 Å². The van der Waals surface area contributed by atoms with Crippen LogP contribution in [0.1, 0.15) is 36.7 Å². The minimum atomic E-state index is 0.0850. The highest BCUT2D eigenvalue weighted by Crippen LogP contribution is 2.15. The van der Waals surface area contributed by atoms with Crippen molar-refractivity contribution in [1.29, 1.82) is 0 Å². The molecule has 2 rings (SSSR count). The summed E-state index contributed by atoms with van der Waals surface area (Å²) >= 11 is 1.48. The minimum Gasteiger partial charge on any atom is -0.333 e. The first-order chi connectivity index (χ1) is 8.33. The molecule has 1 amide bonds. The molecule has 1 fully saturated rings. The average molecular weight is 253 g/mol. The highest BCUT2D eigenvalue weighted by atomic mass is 32.1. The normalized spacial score (nSPS) is 20.2. The molecule has 94 valence electrons. The third-order valence-electron chi connectivity index (χ3n) is 3.09. The van der Waals surface area contributed by atoms with Gasteiger partial charge in [0.15, 0.2) is 0 Å². The molecule has 1 saturated heterocycles. The van der Waals surface area contributed by atoms with Gasteiger partial charge in [-0.25, -0.2) is 4.98 Å². The van der Waals surface area contributed by atoms with Gasteiger partial charge in [0.05, 0.1) is 5.51 Å². The van der Waals surface area contributed by atoms with Crippen LogP contribution in [0.3, 0.4) is 0 Å². The summed E-state index contributed by atoms with van der Waals surface area (Å²) in [5, 5.41) is 5.20. The number of carbonyl (C=O) groups excluding carboxylic acids is 1. The molecule has 1 atom stereocenters. The molecule has 0 spiro atoms. The predicted molar refractivity (Wildman–Crippen MR) is 69.3 cm³/mol. The van der Waals surface area contributed by atoms with Crippen molar-refractivity contribution < 1.29 is 4.79 Å². The fourth-order valence-corrected chi connectivity index (χ4v) is 2.78. The van der Waals surface area contributed by atoms with Gasteiger partial charge in [0, 0.05) is 24.5 Å². The van der Waals surface area contributed by atoms with Crippen LogP contribution >= 0.6 is 11.3 Å². The van der Waals surface area contributed by atoms with Crippen molar-refractivity contribution in [2.45, 2.75) is 32.2 Å². The van der Waals surface area contributed by atoms with Crippen molar-refractivity contribution >= 4 is 17.2 Å². The fraction of sp³-hybridized carbons (Fsp3) is 0.667. The predicted octanol–water partition coefficient (Wildman–Crippen LogP) is 1.75. The van der Waals surface area contributed by atoms with Crippen LogP contribution in [0.5, 0.6) is 0 Å². The Morgan fingerprint density at radius 3 is 3.18 bits per heavy atom. The standard InChI is InChI=1S/C12H19N3OS/c1-2-6-15(10-4-3-5-13-7-10)12(16)11-8-17-9-14-11/h8-10,13H,2-7H2,1H3. The van der Waals surface area contributed by atoms with Crippen molar-refractivity contribution in [3.8, 4) is 0 Å². The van der Waals surface area contributed by atoms with Crippen LogP contribution in [0.15, 0.2) is 10.9 Å². The lowest BCUT2D eigenvalue weighted by Crippen LogP contribution is -2.49. The Kier molecular flexibility index (Phi) is 4.50. The highest BCUT2D eigenvalue weighted by Gasteiger charge is 2.26. The second-order valence-corrected chi connectivity index (χ2v) is 5.09. The second-order valence-electron chi connectivity index (χ2n) is 4.37. The molecule has 4 nitrogen and oxygen atoms in total. The van der Waals surface area contributed by atoms with E-state index in [9.17, 15) is 4.79 Å². The lowest BCUT2D eigenvalue weighted by molar-refractivity contribution is 0.0644. The minimum absolute atomic E-state index is 0.0850. The Morgan fingerprint density at radius 2 is 2.59 bits per heavy atom. The van der Waals surface area contributed by atoms with E-state index in [1.54, 1.807) is 5.51 Å². The van der Waals surface area contributed by atoms with Crippen LogP contribution < -0.4 is 5.32 Å². The van der Waals surface area contributed by atoms with E-state index in [2.05, 4.69) is 17.2 Å². The van der Waals surface area contributed by atoms with E-state index >= 15 is 0 Å². The van der Waals surface area contributed by atoms with Crippen molar-refractivity contribution in [2.75, 3.05) is 19.6 Å². The number of aromatic nitrogens is 1. The molecule has 1 aliphatic rings. The Balaban J connectivity index is 2.07. The van der Waals surface area contributed by atoms with Gasteiger partial charge in [0.25, 0.3) is 5.91 Å². The first-order valence-corrected chi connectivity index (χ1v) is 7.17. The van der Waals surface area contributed by atoms with Crippen LogP contribution in [-0.4, -0.2) is 41.5 Å². The Morgan fingerprint density at radius 1 is 1.71 bits per heavy atom. The monoisotopic (exact) mass is 253 g/mol. The molecule has 0 aromatic carbocycles. The zero-order valence-electron chi connectivity index (χ0n) is 10.2. The average Bonchev–Trinajstić information content (AvgIpc) is 2.90. The maximum atomic E-state index is 12.3. The number of piperidine rings is 1. The molecule has 1 N–H and O–H groups in total. The molecular weight excluding hydrogens is 234 g/mol. The smallest absolute Gasteiger partial charge is 0.273 e. The van der Waals surface area contributed by atoms with Crippen molar-refractivity contribution in [3.05, 3.63) is 16.6 Å².